The molecule has 0 aromatic heterocycles. The van der Waals surface area contributed by atoms with Crippen molar-refractivity contribution in [3.63, 3.8) is 0 Å². The zero-order valence-corrected chi connectivity index (χ0v) is 14.8. The highest BCUT2D eigenvalue weighted by Gasteiger charge is 2.40. The molecule has 2 amide bonds. The molecular weight excluding hydrogens is 310 g/mol. The molecule has 0 radical (unpaired) electrons. The zero-order chi connectivity index (χ0) is 16.8. The Morgan fingerprint density at radius 3 is 2.61 bits per heavy atom. The number of nitrogens with zero attached hydrogens (tertiary/aromatic N) is 2. The first-order valence-corrected chi connectivity index (χ1v) is 9.01. The highest BCUT2D eigenvalue weighted by molar-refractivity contribution is 8.00. The Hall–Kier alpha value is -1.53. The highest BCUT2D eigenvalue weighted by atomic mass is 32.2. The van der Waals surface area contributed by atoms with Crippen molar-refractivity contribution in [1.29, 1.82) is 0 Å². The minimum atomic E-state index is -0.389. The van der Waals surface area contributed by atoms with Gasteiger partial charge in [0.2, 0.25) is 5.91 Å². The van der Waals surface area contributed by atoms with Crippen LogP contribution < -0.4 is 5.32 Å². The molecule has 1 N–H and O–H groups in total. The molecule has 23 heavy (non-hydrogen) atoms. The lowest BCUT2D eigenvalue weighted by Crippen LogP contribution is -2.50. The van der Waals surface area contributed by atoms with Gasteiger partial charge in [-0.2, -0.15) is 0 Å². The van der Waals surface area contributed by atoms with Crippen LogP contribution in [0.15, 0.2) is 30.3 Å². The van der Waals surface area contributed by atoms with Crippen LogP contribution in [0, 0.1) is 0 Å². The van der Waals surface area contributed by atoms with Crippen molar-refractivity contribution in [3.05, 3.63) is 35.9 Å². The van der Waals surface area contributed by atoms with E-state index in [1.807, 2.05) is 37.2 Å². The normalized spacial score (nSPS) is 20.8. The molecule has 1 fully saturated rings. The standard InChI is InChI=1S/C17H25N3O2S/c1-4-15-20(17(22)13-8-6-5-7-9-13)14(12-23-15)16(21)18-10-11-19(2)3/h5-9,14-15H,4,10-12H2,1-3H3,(H,18,21). The van der Waals surface area contributed by atoms with E-state index in [2.05, 4.69) is 12.2 Å². The monoisotopic (exact) mass is 335 g/mol. The fourth-order valence-electron chi connectivity index (χ4n) is 2.60. The van der Waals surface area contributed by atoms with E-state index in [1.54, 1.807) is 28.8 Å². The summed E-state index contributed by atoms with van der Waals surface area (Å²) in [4.78, 5) is 29.1. The summed E-state index contributed by atoms with van der Waals surface area (Å²) in [5.41, 5.74) is 0.638. The lowest BCUT2D eigenvalue weighted by atomic mass is 10.1. The molecule has 1 saturated heterocycles. The van der Waals surface area contributed by atoms with E-state index in [9.17, 15) is 9.59 Å². The number of carbonyl (C=O) groups is 2. The van der Waals surface area contributed by atoms with E-state index in [4.69, 9.17) is 0 Å². The number of benzene rings is 1. The van der Waals surface area contributed by atoms with Crippen molar-refractivity contribution >= 4 is 23.6 Å². The predicted octanol–water partition coefficient (Wildman–Crippen LogP) is 1.66. The van der Waals surface area contributed by atoms with Gasteiger partial charge in [-0.1, -0.05) is 25.1 Å². The minimum absolute atomic E-state index is 0.0559. The number of carbonyl (C=O) groups excluding carboxylic acids is 2. The maximum absolute atomic E-state index is 12.8. The maximum atomic E-state index is 12.8. The average Bonchev–Trinajstić information content (AvgIpc) is 2.98. The molecular formula is C17H25N3O2S. The first kappa shape index (κ1) is 17.8. The Bertz CT molecular complexity index is 536. The SMILES string of the molecule is CCC1SCC(C(=O)NCCN(C)C)N1C(=O)c1ccccc1. The highest BCUT2D eigenvalue weighted by Crippen LogP contribution is 2.32. The van der Waals surface area contributed by atoms with Gasteiger partial charge in [0.05, 0.1) is 5.37 Å². The average molecular weight is 335 g/mol. The lowest BCUT2D eigenvalue weighted by Gasteiger charge is -2.28. The molecule has 0 spiro atoms. The molecule has 1 aromatic carbocycles. The molecule has 2 unspecified atom stereocenters. The van der Waals surface area contributed by atoms with Gasteiger partial charge in [-0.15, -0.1) is 11.8 Å². The second-order valence-corrected chi connectivity index (χ2v) is 7.10. The number of thioether (sulfide) groups is 1. The van der Waals surface area contributed by atoms with Crippen LogP contribution in [0.2, 0.25) is 0 Å². The maximum Gasteiger partial charge on any atom is 0.255 e. The van der Waals surface area contributed by atoms with Gasteiger partial charge in [0.15, 0.2) is 0 Å². The number of rotatable bonds is 6. The number of likely N-dealkylation sites (N-methyl/N-ethyl adjacent to an activating group) is 1. The van der Waals surface area contributed by atoms with Crippen LogP contribution in [0.3, 0.4) is 0 Å². The van der Waals surface area contributed by atoms with Crippen molar-refractivity contribution < 1.29 is 9.59 Å². The van der Waals surface area contributed by atoms with Crippen LogP contribution in [0.4, 0.5) is 0 Å². The molecule has 0 saturated carbocycles. The van der Waals surface area contributed by atoms with E-state index < -0.39 is 0 Å². The van der Waals surface area contributed by atoms with Crippen molar-refractivity contribution in [1.82, 2.24) is 15.1 Å². The molecule has 2 atom stereocenters. The Balaban J connectivity index is 2.09. The summed E-state index contributed by atoms with van der Waals surface area (Å²) in [5.74, 6) is 0.542. The van der Waals surface area contributed by atoms with Gasteiger partial charge in [-0.05, 0) is 32.6 Å². The number of hydrogen-bond donors (Lipinski definition) is 1. The fourth-order valence-corrected chi connectivity index (χ4v) is 3.96. The van der Waals surface area contributed by atoms with Crippen LogP contribution in [0.1, 0.15) is 23.7 Å². The van der Waals surface area contributed by atoms with Gasteiger partial charge in [0.1, 0.15) is 6.04 Å². The van der Waals surface area contributed by atoms with Crippen molar-refractivity contribution in [2.45, 2.75) is 24.8 Å². The molecule has 0 bridgehead atoms. The van der Waals surface area contributed by atoms with Crippen LogP contribution in [-0.2, 0) is 4.79 Å². The van der Waals surface area contributed by atoms with Gasteiger partial charge in [0.25, 0.3) is 5.91 Å². The van der Waals surface area contributed by atoms with E-state index in [1.165, 1.54) is 0 Å². The van der Waals surface area contributed by atoms with Crippen molar-refractivity contribution in [2.24, 2.45) is 0 Å². The van der Waals surface area contributed by atoms with Gasteiger partial charge >= 0.3 is 0 Å². The third kappa shape index (κ3) is 4.48. The summed E-state index contributed by atoms with van der Waals surface area (Å²) < 4.78 is 0. The number of amides is 2. The van der Waals surface area contributed by atoms with E-state index in [0.29, 0.717) is 17.9 Å². The molecule has 6 heteroatoms. The smallest absolute Gasteiger partial charge is 0.255 e. The molecule has 1 aliphatic heterocycles. The summed E-state index contributed by atoms with van der Waals surface area (Å²) in [6.45, 7) is 3.43. The van der Waals surface area contributed by atoms with Gasteiger partial charge in [0, 0.05) is 24.4 Å². The molecule has 2 rings (SSSR count). The van der Waals surface area contributed by atoms with E-state index in [-0.39, 0.29) is 23.2 Å². The molecule has 1 aromatic rings. The summed E-state index contributed by atoms with van der Waals surface area (Å²) in [7, 11) is 3.94. The molecule has 0 aliphatic carbocycles. The van der Waals surface area contributed by atoms with Crippen molar-refractivity contribution in [2.75, 3.05) is 32.9 Å². The summed E-state index contributed by atoms with van der Waals surface area (Å²) in [6, 6.07) is 8.81. The fraction of sp³-hybridized carbons (Fsp3) is 0.529. The van der Waals surface area contributed by atoms with E-state index >= 15 is 0 Å². The number of hydrogen-bond acceptors (Lipinski definition) is 4. The van der Waals surface area contributed by atoms with Crippen molar-refractivity contribution in [3.8, 4) is 0 Å². The number of nitrogens with one attached hydrogen (secondary N) is 1. The minimum Gasteiger partial charge on any atom is -0.353 e. The third-order valence-electron chi connectivity index (χ3n) is 3.86. The largest absolute Gasteiger partial charge is 0.353 e. The van der Waals surface area contributed by atoms with E-state index in [0.717, 1.165) is 13.0 Å². The molecule has 1 heterocycles. The zero-order valence-electron chi connectivity index (χ0n) is 14.0. The molecule has 1 aliphatic rings. The Morgan fingerprint density at radius 2 is 2.00 bits per heavy atom. The second-order valence-electron chi connectivity index (χ2n) is 5.88. The molecule has 126 valence electrons. The molecule has 5 nitrogen and oxygen atoms in total. The first-order chi connectivity index (χ1) is 11.0. The quantitative estimate of drug-likeness (QED) is 0.859. The van der Waals surface area contributed by atoms with Gasteiger partial charge < -0.3 is 15.1 Å². The predicted molar refractivity (Wildman–Crippen MR) is 94.5 cm³/mol. The van der Waals surface area contributed by atoms with Crippen LogP contribution in [0.5, 0.6) is 0 Å². The Labute approximate surface area is 142 Å². The van der Waals surface area contributed by atoms with Gasteiger partial charge in [-0.25, -0.2) is 0 Å². The third-order valence-corrected chi connectivity index (χ3v) is 5.31. The second kappa shape index (κ2) is 8.36. The van der Waals surface area contributed by atoms with Crippen LogP contribution in [-0.4, -0.2) is 66.0 Å². The van der Waals surface area contributed by atoms with Crippen LogP contribution >= 0.6 is 11.8 Å². The Morgan fingerprint density at radius 1 is 1.30 bits per heavy atom. The lowest BCUT2D eigenvalue weighted by molar-refractivity contribution is -0.124. The van der Waals surface area contributed by atoms with Gasteiger partial charge in [-0.3, -0.25) is 9.59 Å². The summed E-state index contributed by atoms with van der Waals surface area (Å²) >= 11 is 1.68. The topological polar surface area (TPSA) is 52.7 Å². The summed E-state index contributed by atoms with van der Waals surface area (Å²) in [5, 5.41) is 3.01. The Kier molecular flexibility index (Phi) is 6.47. The van der Waals surface area contributed by atoms with Crippen LogP contribution in [0.25, 0.3) is 0 Å². The summed E-state index contributed by atoms with van der Waals surface area (Å²) in [6.07, 6.45) is 0.838. The first-order valence-electron chi connectivity index (χ1n) is 7.96.